The predicted molar refractivity (Wildman–Crippen MR) is 103 cm³/mol. The van der Waals surface area contributed by atoms with Crippen LogP contribution >= 0.6 is 12.2 Å². The molecular weight excluding hydrogens is 388 g/mol. The number of guanidine groups is 1. The van der Waals surface area contributed by atoms with E-state index in [-0.39, 0.29) is 23.7 Å². The zero-order chi connectivity index (χ0) is 20.3. The number of nitrogens with two attached hydrogens (primary N) is 2. The number of ether oxygens (including phenoxy) is 1. The van der Waals surface area contributed by atoms with Gasteiger partial charge < -0.3 is 41.8 Å². The van der Waals surface area contributed by atoms with Crippen molar-refractivity contribution >= 4 is 35.3 Å². The van der Waals surface area contributed by atoms with Crippen LogP contribution in [0.25, 0.3) is 11.2 Å². The first-order valence-electron chi connectivity index (χ1n) is 8.26. The standard InChI is InChI=1S/C15H20N8O4S/c16-14(17)18-3-1-2-4-19-15-21-11-8(12(28)22-15)20-6-23(11)13-10(26)9(25)7(5-24)27-13/h6-7,9-10,13,24-26H,3-5H2,(H4,16,17,18)(H2,19,21,22,28)/t7-,9-,10-,13-/m1/s1. The normalized spacial score (nSPS) is 24.0. The van der Waals surface area contributed by atoms with Gasteiger partial charge in [-0.3, -0.25) is 4.57 Å². The third kappa shape index (κ3) is 4.06. The van der Waals surface area contributed by atoms with E-state index in [0.717, 1.165) is 0 Å². The number of rotatable bonds is 5. The highest BCUT2D eigenvalue weighted by molar-refractivity contribution is 7.71. The SMILES string of the molecule is NC(N)=NCC#CCNc1nc(=S)c2ncn([C@@H]3O[C@H](CO)[C@@H](O)[C@H]3O)c2[nH]1. The van der Waals surface area contributed by atoms with Crippen LogP contribution in [-0.2, 0) is 4.74 Å². The first kappa shape index (κ1) is 20.0. The van der Waals surface area contributed by atoms with Gasteiger partial charge in [0.1, 0.15) is 36.0 Å². The maximum atomic E-state index is 10.2. The van der Waals surface area contributed by atoms with Gasteiger partial charge in [-0.05, 0) is 0 Å². The molecule has 2 aromatic rings. The second-order valence-corrected chi connectivity index (χ2v) is 6.30. The van der Waals surface area contributed by atoms with Crippen LogP contribution in [-0.4, -0.2) is 78.8 Å². The molecule has 28 heavy (non-hydrogen) atoms. The maximum absolute atomic E-state index is 10.2. The van der Waals surface area contributed by atoms with Crippen molar-refractivity contribution in [3.05, 3.63) is 11.0 Å². The summed E-state index contributed by atoms with van der Waals surface area (Å²) in [6.07, 6.45) is -2.91. The number of aliphatic hydroxyl groups excluding tert-OH is 3. The van der Waals surface area contributed by atoms with Gasteiger partial charge in [0.2, 0.25) is 5.95 Å². The van der Waals surface area contributed by atoms with Gasteiger partial charge in [0, 0.05) is 0 Å². The summed E-state index contributed by atoms with van der Waals surface area (Å²) in [5.74, 6) is 5.89. The van der Waals surface area contributed by atoms with Crippen molar-refractivity contribution in [2.45, 2.75) is 24.5 Å². The molecule has 1 aliphatic rings. The summed E-state index contributed by atoms with van der Waals surface area (Å²) >= 11 is 5.26. The summed E-state index contributed by atoms with van der Waals surface area (Å²) in [6, 6.07) is 0. The van der Waals surface area contributed by atoms with Crippen LogP contribution in [0.5, 0.6) is 0 Å². The third-order valence-corrected chi connectivity index (χ3v) is 4.33. The molecule has 12 nitrogen and oxygen atoms in total. The first-order valence-corrected chi connectivity index (χ1v) is 8.67. The number of aromatic amines is 1. The lowest BCUT2D eigenvalue weighted by Crippen LogP contribution is -2.33. The molecule has 0 spiro atoms. The molecule has 0 aromatic carbocycles. The molecule has 3 rings (SSSR count). The second-order valence-electron chi connectivity index (χ2n) is 5.92. The minimum Gasteiger partial charge on any atom is -0.394 e. The zero-order valence-electron chi connectivity index (χ0n) is 14.6. The maximum Gasteiger partial charge on any atom is 0.203 e. The Morgan fingerprint density at radius 3 is 2.86 bits per heavy atom. The molecule has 1 aliphatic heterocycles. The topological polar surface area (TPSA) is 193 Å². The zero-order valence-corrected chi connectivity index (χ0v) is 15.4. The monoisotopic (exact) mass is 408 g/mol. The average molecular weight is 408 g/mol. The number of aromatic nitrogens is 4. The Kier molecular flexibility index (Phi) is 6.07. The minimum absolute atomic E-state index is 0.0309. The Morgan fingerprint density at radius 1 is 1.39 bits per heavy atom. The van der Waals surface area contributed by atoms with Crippen LogP contribution in [0.15, 0.2) is 11.3 Å². The van der Waals surface area contributed by atoms with Crippen LogP contribution in [0.1, 0.15) is 6.23 Å². The van der Waals surface area contributed by atoms with Crippen molar-refractivity contribution in [1.29, 1.82) is 0 Å². The molecule has 0 radical (unpaired) electrons. The fourth-order valence-corrected chi connectivity index (χ4v) is 2.94. The van der Waals surface area contributed by atoms with E-state index in [1.165, 1.54) is 10.9 Å². The smallest absolute Gasteiger partial charge is 0.203 e. The lowest BCUT2D eigenvalue weighted by atomic mass is 10.1. The third-order valence-electron chi connectivity index (χ3n) is 4.05. The van der Waals surface area contributed by atoms with Crippen LogP contribution in [0.2, 0.25) is 0 Å². The fraction of sp³-hybridized carbons (Fsp3) is 0.467. The lowest BCUT2D eigenvalue weighted by Gasteiger charge is -2.17. The van der Waals surface area contributed by atoms with E-state index < -0.39 is 31.1 Å². The van der Waals surface area contributed by atoms with E-state index in [1.807, 2.05) is 0 Å². The number of nitrogens with one attached hydrogen (secondary N) is 2. The number of hydrogen-bond donors (Lipinski definition) is 7. The fourth-order valence-electron chi connectivity index (χ4n) is 2.70. The van der Waals surface area contributed by atoms with E-state index in [4.69, 9.17) is 28.4 Å². The van der Waals surface area contributed by atoms with Crippen LogP contribution in [0.4, 0.5) is 5.95 Å². The number of imidazole rings is 1. The highest BCUT2D eigenvalue weighted by Gasteiger charge is 2.43. The summed E-state index contributed by atoms with van der Waals surface area (Å²) < 4.78 is 7.26. The molecule has 150 valence electrons. The molecule has 1 fully saturated rings. The minimum atomic E-state index is -1.25. The van der Waals surface area contributed by atoms with Crippen molar-refractivity contribution in [1.82, 2.24) is 19.5 Å². The summed E-state index contributed by atoms with van der Waals surface area (Å²) in [6.45, 7) is 0.0144. The van der Waals surface area contributed by atoms with Gasteiger partial charge in [-0.25, -0.2) is 15.0 Å². The molecular formula is C15H20N8O4S. The van der Waals surface area contributed by atoms with E-state index in [1.54, 1.807) is 0 Å². The Balaban J connectivity index is 1.81. The van der Waals surface area contributed by atoms with E-state index >= 15 is 0 Å². The van der Waals surface area contributed by atoms with Crippen LogP contribution in [0.3, 0.4) is 0 Å². The quantitative estimate of drug-likeness (QED) is 0.123. The molecule has 0 aliphatic carbocycles. The van der Waals surface area contributed by atoms with Gasteiger partial charge in [-0.1, -0.05) is 24.1 Å². The predicted octanol–water partition coefficient (Wildman–Crippen LogP) is -2.21. The van der Waals surface area contributed by atoms with Gasteiger partial charge in [0.05, 0.1) is 19.5 Å². The summed E-state index contributed by atoms with van der Waals surface area (Å²) in [5.41, 5.74) is 11.3. The Labute approximate surface area is 164 Å². The van der Waals surface area contributed by atoms with E-state index in [0.29, 0.717) is 17.1 Å². The van der Waals surface area contributed by atoms with Crippen molar-refractivity contribution in [3.8, 4) is 11.8 Å². The van der Waals surface area contributed by atoms with Gasteiger partial charge in [-0.2, -0.15) is 0 Å². The molecule has 0 amide bonds. The first-order chi connectivity index (χ1) is 13.4. The summed E-state index contributed by atoms with van der Waals surface area (Å²) in [7, 11) is 0. The van der Waals surface area contributed by atoms with Gasteiger partial charge in [0.15, 0.2) is 16.8 Å². The summed E-state index contributed by atoms with van der Waals surface area (Å²) in [5, 5.41) is 32.4. The highest BCUT2D eigenvalue weighted by Crippen LogP contribution is 2.31. The Bertz CT molecular complexity index is 989. The van der Waals surface area contributed by atoms with Crippen molar-refractivity contribution < 1.29 is 20.1 Å². The average Bonchev–Trinajstić information content (AvgIpc) is 3.20. The molecule has 0 unspecified atom stereocenters. The van der Waals surface area contributed by atoms with Gasteiger partial charge >= 0.3 is 0 Å². The number of anilines is 1. The Morgan fingerprint density at radius 2 is 2.18 bits per heavy atom. The molecule has 13 heteroatoms. The van der Waals surface area contributed by atoms with E-state index in [9.17, 15) is 15.3 Å². The number of hydrogen-bond acceptors (Lipinski definition) is 9. The molecule has 0 bridgehead atoms. The molecule has 1 saturated heterocycles. The van der Waals surface area contributed by atoms with E-state index in [2.05, 4.69) is 37.1 Å². The lowest BCUT2D eigenvalue weighted by molar-refractivity contribution is -0.0511. The van der Waals surface area contributed by atoms with Gasteiger partial charge in [-0.15, -0.1) is 0 Å². The number of aliphatic imine (C=N–C) groups is 1. The largest absolute Gasteiger partial charge is 0.394 e. The molecule has 2 aromatic heterocycles. The number of nitrogens with zero attached hydrogens (tertiary/aromatic N) is 4. The number of H-pyrrole nitrogens is 1. The highest BCUT2D eigenvalue weighted by atomic mass is 32.1. The Hall–Kier alpha value is -2.76. The van der Waals surface area contributed by atoms with Crippen LogP contribution in [0, 0.1) is 16.5 Å². The number of aliphatic hydroxyl groups is 3. The number of fused-ring (bicyclic) bond motifs is 1. The van der Waals surface area contributed by atoms with Crippen molar-refractivity contribution in [3.63, 3.8) is 0 Å². The molecule has 0 saturated carbocycles. The molecule has 9 N–H and O–H groups in total. The van der Waals surface area contributed by atoms with Crippen LogP contribution < -0.4 is 16.8 Å². The second kappa shape index (κ2) is 8.50. The molecule has 4 atom stereocenters. The van der Waals surface area contributed by atoms with Gasteiger partial charge in [0.25, 0.3) is 0 Å². The summed E-state index contributed by atoms with van der Waals surface area (Å²) in [4.78, 5) is 15.1. The van der Waals surface area contributed by atoms with Crippen molar-refractivity contribution in [2.75, 3.05) is 25.0 Å². The van der Waals surface area contributed by atoms with Crippen molar-refractivity contribution in [2.24, 2.45) is 16.5 Å². The molecule has 3 heterocycles.